The molecule has 1 aliphatic rings. The minimum Gasteiger partial charge on any atom is -0.354 e. The van der Waals surface area contributed by atoms with E-state index in [-0.39, 0.29) is 0 Å². The quantitative estimate of drug-likeness (QED) is 0.793. The van der Waals surface area contributed by atoms with E-state index in [0.717, 1.165) is 24.8 Å². The largest absolute Gasteiger partial charge is 0.354 e. The molecule has 0 aliphatic carbocycles. The molecule has 0 bridgehead atoms. The lowest BCUT2D eigenvalue weighted by Gasteiger charge is -2.18. The van der Waals surface area contributed by atoms with Crippen molar-refractivity contribution >= 4 is 44.2 Å². The van der Waals surface area contributed by atoms with Crippen molar-refractivity contribution in [3.05, 3.63) is 22.4 Å². The van der Waals surface area contributed by atoms with Gasteiger partial charge < -0.3 is 4.90 Å². The summed E-state index contributed by atoms with van der Waals surface area (Å²) in [6, 6.07) is 4.31. The molecule has 2 nitrogen and oxygen atoms in total. The number of alkyl halides is 1. The molecule has 0 spiro atoms. The second-order valence-electron chi connectivity index (χ2n) is 3.77. The van der Waals surface area contributed by atoms with Gasteiger partial charge in [0.1, 0.15) is 0 Å². The van der Waals surface area contributed by atoms with E-state index >= 15 is 0 Å². The molecule has 0 fully saturated rings. The molecule has 5 heteroatoms. The van der Waals surface area contributed by atoms with Gasteiger partial charge in [-0.1, -0.05) is 33.8 Å². The molecule has 1 unspecified atom stereocenters. The Morgan fingerprint density at radius 1 is 1.62 bits per heavy atom. The Morgan fingerprint density at radius 2 is 2.50 bits per heavy atom. The molecule has 16 heavy (non-hydrogen) atoms. The zero-order valence-corrected chi connectivity index (χ0v) is 12.4. The number of thioether (sulfide) groups is 1. The van der Waals surface area contributed by atoms with Gasteiger partial charge in [0.15, 0.2) is 5.17 Å². The van der Waals surface area contributed by atoms with Crippen molar-refractivity contribution in [2.24, 2.45) is 4.99 Å². The van der Waals surface area contributed by atoms with Gasteiger partial charge in [-0.25, -0.2) is 0 Å². The Kier molecular flexibility index (Phi) is 4.73. The van der Waals surface area contributed by atoms with E-state index in [1.54, 1.807) is 0 Å². The van der Waals surface area contributed by atoms with Gasteiger partial charge in [-0.05, 0) is 17.9 Å². The van der Waals surface area contributed by atoms with E-state index in [9.17, 15) is 0 Å². The highest BCUT2D eigenvalue weighted by Crippen LogP contribution is 2.24. The first-order valence-electron chi connectivity index (χ1n) is 5.30. The van der Waals surface area contributed by atoms with Crippen molar-refractivity contribution in [2.75, 3.05) is 25.5 Å². The van der Waals surface area contributed by atoms with Crippen LogP contribution in [-0.2, 0) is 6.42 Å². The van der Waals surface area contributed by atoms with Crippen LogP contribution in [0.2, 0.25) is 0 Å². The van der Waals surface area contributed by atoms with Crippen LogP contribution >= 0.6 is 39.0 Å². The lowest BCUT2D eigenvalue weighted by molar-refractivity contribution is 0.519. The van der Waals surface area contributed by atoms with E-state index in [2.05, 4.69) is 50.4 Å². The summed E-state index contributed by atoms with van der Waals surface area (Å²) < 4.78 is 0. The van der Waals surface area contributed by atoms with Crippen LogP contribution in [0.15, 0.2) is 22.5 Å². The summed E-state index contributed by atoms with van der Waals surface area (Å²) in [5, 5.41) is 4.99. The number of amidine groups is 1. The normalized spacial score (nSPS) is 19.9. The third kappa shape index (κ3) is 3.25. The van der Waals surface area contributed by atoms with Gasteiger partial charge in [-0.2, -0.15) is 0 Å². The molecule has 0 saturated carbocycles. The Balaban J connectivity index is 1.78. The van der Waals surface area contributed by atoms with Gasteiger partial charge in [0.2, 0.25) is 0 Å². The van der Waals surface area contributed by atoms with E-state index in [0.29, 0.717) is 5.25 Å². The number of halogens is 1. The van der Waals surface area contributed by atoms with E-state index < -0.39 is 0 Å². The number of rotatable bonds is 4. The predicted octanol–water partition coefficient (Wildman–Crippen LogP) is 3.09. The average Bonchev–Trinajstić information content (AvgIpc) is 2.96. The maximum absolute atomic E-state index is 4.57. The van der Waals surface area contributed by atoms with Crippen molar-refractivity contribution < 1.29 is 0 Å². The smallest absolute Gasteiger partial charge is 0.159 e. The van der Waals surface area contributed by atoms with Crippen LogP contribution < -0.4 is 0 Å². The molecule has 1 aromatic heterocycles. The van der Waals surface area contributed by atoms with Crippen molar-refractivity contribution in [3.63, 3.8) is 0 Å². The Morgan fingerprint density at radius 3 is 3.12 bits per heavy atom. The fourth-order valence-electron chi connectivity index (χ4n) is 1.52. The molecular formula is C11H15BrN2S2. The molecule has 1 atom stereocenters. The van der Waals surface area contributed by atoms with Gasteiger partial charge in [-0.15, -0.1) is 11.3 Å². The summed E-state index contributed by atoms with van der Waals surface area (Å²) in [5.74, 6) is 0. The van der Waals surface area contributed by atoms with Crippen LogP contribution in [0.1, 0.15) is 4.88 Å². The van der Waals surface area contributed by atoms with Crippen molar-refractivity contribution in [1.82, 2.24) is 4.90 Å². The topological polar surface area (TPSA) is 15.6 Å². The first kappa shape index (κ1) is 12.5. The zero-order chi connectivity index (χ0) is 11.4. The molecule has 1 aromatic rings. The molecule has 2 rings (SSSR count). The Bertz CT molecular complexity index is 351. The standard InChI is InChI=1S/C11H15BrN2S2/c1-14(5-4-9-3-2-6-15-9)11-13-8-10(7-12)16-11/h2-3,6,10H,4-5,7-8H2,1H3. The molecule has 0 N–H and O–H groups in total. The number of aliphatic imine (C=N–C) groups is 1. The fraction of sp³-hybridized carbons (Fsp3) is 0.545. The number of likely N-dealkylation sites (N-methyl/N-ethyl adjacent to an activating group) is 1. The summed E-state index contributed by atoms with van der Waals surface area (Å²) in [5.41, 5.74) is 0. The van der Waals surface area contributed by atoms with Crippen LogP contribution in [-0.4, -0.2) is 40.8 Å². The first-order chi connectivity index (χ1) is 7.79. The minimum absolute atomic E-state index is 0.624. The number of thiophene rings is 1. The lowest BCUT2D eigenvalue weighted by atomic mass is 10.3. The highest BCUT2D eigenvalue weighted by molar-refractivity contribution is 9.09. The van der Waals surface area contributed by atoms with E-state index in [1.165, 1.54) is 10.0 Å². The molecule has 1 aliphatic heterocycles. The first-order valence-corrected chi connectivity index (χ1v) is 8.18. The predicted molar refractivity (Wildman–Crippen MR) is 78.1 cm³/mol. The summed E-state index contributed by atoms with van der Waals surface area (Å²) in [7, 11) is 2.13. The van der Waals surface area contributed by atoms with Crippen molar-refractivity contribution in [2.45, 2.75) is 11.7 Å². The van der Waals surface area contributed by atoms with E-state index in [4.69, 9.17) is 0 Å². The molecule has 88 valence electrons. The van der Waals surface area contributed by atoms with Gasteiger partial charge in [0.05, 0.1) is 6.54 Å². The van der Waals surface area contributed by atoms with Gasteiger partial charge >= 0.3 is 0 Å². The van der Waals surface area contributed by atoms with Crippen molar-refractivity contribution in [1.29, 1.82) is 0 Å². The zero-order valence-electron chi connectivity index (χ0n) is 9.23. The summed E-state index contributed by atoms with van der Waals surface area (Å²) in [6.07, 6.45) is 1.12. The molecule has 0 saturated heterocycles. The second kappa shape index (κ2) is 6.07. The SMILES string of the molecule is CN(CCc1cccs1)C1=NCC(CBr)S1. The van der Waals surface area contributed by atoms with Crippen LogP contribution in [0.25, 0.3) is 0 Å². The summed E-state index contributed by atoms with van der Waals surface area (Å²) >= 11 is 7.23. The van der Waals surface area contributed by atoms with Crippen LogP contribution in [0.4, 0.5) is 0 Å². The Labute approximate surface area is 113 Å². The number of nitrogens with zero attached hydrogens (tertiary/aromatic N) is 2. The molecule has 0 aromatic carbocycles. The average molecular weight is 319 g/mol. The van der Waals surface area contributed by atoms with Crippen LogP contribution in [0.5, 0.6) is 0 Å². The molecule has 0 radical (unpaired) electrons. The van der Waals surface area contributed by atoms with Crippen LogP contribution in [0.3, 0.4) is 0 Å². The third-order valence-corrected chi connectivity index (χ3v) is 5.92. The molecule has 0 amide bonds. The second-order valence-corrected chi connectivity index (χ2v) is 6.72. The minimum atomic E-state index is 0.624. The summed E-state index contributed by atoms with van der Waals surface area (Å²) in [6.45, 7) is 2.01. The number of hydrogen-bond donors (Lipinski definition) is 0. The monoisotopic (exact) mass is 318 g/mol. The van der Waals surface area contributed by atoms with Gasteiger partial charge in [0, 0.05) is 29.0 Å². The maximum Gasteiger partial charge on any atom is 0.159 e. The molecular weight excluding hydrogens is 304 g/mol. The van der Waals surface area contributed by atoms with Crippen molar-refractivity contribution in [3.8, 4) is 0 Å². The summed E-state index contributed by atoms with van der Waals surface area (Å²) in [4.78, 5) is 8.29. The number of hydrogen-bond acceptors (Lipinski definition) is 4. The lowest BCUT2D eigenvalue weighted by Crippen LogP contribution is -2.25. The van der Waals surface area contributed by atoms with Gasteiger partial charge in [-0.3, -0.25) is 4.99 Å². The highest BCUT2D eigenvalue weighted by atomic mass is 79.9. The third-order valence-electron chi connectivity index (χ3n) is 2.47. The van der Waals surface area contributed by atoms with Gasteiger partial charge in [0.25, 0.3) is 0 Å². The Hall–Kier alpha value is -0.000000000000000111. The molecule has 2 heterocycles. The maximum atomic E-state index is 4.57. The highest BCUT2D eigenvalue weighted by Gasteiger charge is 2.20. The van der Waals surface area contributed by atoms with E-state index in [1.807, 2.05) is 23.1 Å². The fourth-order valence-corrected chi connectivity index (χ4v) is 3.75. The van der Waals surface area contributed by atoms with Crippen LogP contribution in [0, 0.1) is 0 Å².